The van der Waals surface area contributed by atoms with E-state index in [0.29, 0.717) is 25.9 Å². The number of nitrogens with one attached hydrogen (secondary N) is 1. The van der Waals surface area contributed by atoms with Crippen molar-refractivity contribution in [2.75, 3.05) is 32.9 Å². The van der Waals surface area contributed by atoms with Gasteiger partial charge in [0, 0.05) is 0 Å². The number of ether oxygens (including phenoxy) is 2. The third-order valence-electron chi connectivity index (χ3n) is 2.05. The van der Waals surface area contributed by atoms with Gasteiger partial charge in [-0.25, -0.2) is 0 Å². The molecule has 1 N–H and O–H groups in total. The molecule has 1 aliphatic rings. The summed E-state index contributed by atoms with van der Waals surface area (Å²) in [6, 6.07) is 0. The van der Waals surface area contributed by atoms with E-state index < -0.39 is 0 Å². The molecule has 0 amide bonds. The highest BCUT2D eigenvalue weighted by Crippen LogP contribution is 2.06. The quantitative estimate of drug-likeness (QED) is 0.494. The van der Waals surface area contributed by atoms with Crippen LogP contribution in [0.1, 0.15) is 12.8 Å². The van der Waals surface area contributed by atoms with Crippen molar-refractivity contribution < 1.29 is 9.47 Å². The summed E-state index contributed by atoms with van der Waals surface area (Å²) in [5.74, 6) is 2.42. The first-order chi connectivity index (χ1) is 6.43. The van der Waals surface area contributed by atoms with Crippen LogP contribution >= 0.6 is 0 Å². The first-order valence-electron chi connectivity index (χ1n) is 4.77. The van der Waals surface area contributed by atoms with E-state index in [4.69, 9.17) is 15.9 Å². The zero-order valence-electron chi connectivity index (χ0n) is 7.92. The maximum atomic E-state index is 5.60. The molecule has 1 fully saturated rings. The number of terminal acetylenes is 1. The average molecular weight is 183 g/mol. The van der Waals surface area contributed by atoms with Crippen molar-refractivity contribution in [3.8, 4) is 12.3 Å². The van der Waals surface area contributed by atoms with Crippen LogP contribution < -0.4 is 5.32 Å². The van der Waals surface area contributed by atoms with Crippen LogP contribution in [0.3, 0.4) is 0 Å². The minimum atomic E-state index is 0.385. The molecule has 1 aliphatic heterocycles. The van der Waals surface area contributed by atoms with Crippen molar-refractivity contribution in [1.82, 2.24) is 5.32 Å². The highest BCUT2D eigenvalue weighted by Gasteiger charge is 2.12. The van der Waals surface area contributed by atoms with Gasteiger partial charge < -0.3 is 14.8 Å². The predicted molar refractivity (Wildman–Crippen MR) is 51.5 cm³/mol. The van der Waals surface area contributed by atoms with Gasteiger partial charge in [0.05, 0.1) is 19.3 Å². The highest BCUT2D eigenvalue weighted by atomic mass is 16.5. The van der Waals surface area contributed by atoms with Gasteiger partial charge >= 0.3 is 0 Å². The highest BCUT2D eigenvalue weighted by molar-refractivity contribution is 4.82. The van der Waals surface area contributed by atoms with Crippen LogP contribution in [0.5, 0.6) is 0 Å². The second kappa shape index (κ2) is 6.90. The lowest BCUT2D eigenvalue weighted by Crippen LogP contribution is -2.33. The van der Waals surface area contributed by atoms with E-state index in [1.807, 2.05) is 0 Å². The van der Waals surface area contributed by atoms with Gasteiger partial charge in [-0.2, -0.15) is 0 Å². The Hall–Kier alpha value is -0.560. The molecule has 0 aromatic carbocycles. The van der Waals surface area contributed by atoms with E-state index in [0.717, 1.165) is 25.9 Å². The van der Waals surface area contributed by atoms with Crippen LogP contribution in [0, 0.1) is 12.3 Å². The summed E-state index contributed by atoms with van der Waals surface area (Å²) in [6.07, 6.45) is 7.65. The summed E-state index contributed by atoms with van der Waals surface area (Å²) in [7, 11) is 0. The SMILES string of the molecule is C#CCOCCOC1CCNCC1. The monoisotopic (exact) mass is 183 g/mol. The second-order valence-electron chi connectivity index (χ2n) is 3.08. The lowest BCUT2D eigenvalue weighted by molar-refractivity contribution is -0.00156. The molecule has 0 radical (unpaired) electrons. The number of hydrogen-bond donors (Lipinski definition) is 1. The molecular weight excluding hydrogens is 166 g/mol. The standard InChI is InChI=1S/C10H17NO2/c1-2-7-12-8-9-13-10-3-5-11-6-4-10/h1,10-11H,3-9H2. The molecule has 0 saturated carbocycles. The van der Waals surface area contributed by atoms with E-state index in [-0.39, 0.29) is 0 Å². The zero-order valence-corrected chi connectivity index (χ0v) is 7.92. The molecule has 74 valence electrons. The first kappa shape index (κ1) is 10.5. The fraction of sp³-hybridized carbons (Fsp3) is 0.800. The largest absolute Gasteiger partial charge is 0.376 e. The van der Waals surface area contributed by atoms with Crippen molar-refractivity contribution >= 4 is 0 Å². The molecule has 0 aliphatic carbocycles. The summed E-state index contributed by atoms with van der Waals surface area (Å²) in [5, 5.41) is 3.29. The smallest absolute Gasteiger partial charge is 0.107 e. The van der Waals surface area contributed by atoms with Crippen LogP contribution in [-0.2, 0) is 9.47 Å². The fourth-order valence-electron chi connectivity index (χ4n) is 1.37. The normalized spacial score (nSPS) is 18.4. The van der Waals surface area contributed by atoms with Crippen molar-refractivity contribution in [1.29, 1.82) is 0 Å². The number of hydrogen-bond acceptors (Lipinski definition) is 3. The molecule has 1 heterocycles. The maximum absolute atomic E-state index is 5.60. The topological polar surface area (TPSA) is 30.5 Å². The van der Waals surface area contributed by atoms with Crippen molar-refractivity contribution in [3.05, 3.63) is 0 Å². The van der Waals surface area contributed by atoms with Crippen LogP contribution in [0.2, 0.25) is 0 Å². The molecule has 3 nitrogen and oxygen atoms in total. The average Bonchev–Trinajstić information content (AvgIpc) is 2.19. The zero-order chi connectivity index (χ0) is 9.36. The summed E-state index contributed by atoms with van der Waals surface area (Å²) in [6.45, 7) is 3.78. The lowest BCUT2D eigenvalue weighted by atomic mass is 10.1. The van der Waals surface area contributed by atoms with Crippen molar-refractivity contribution in [2.45, 2.75) is 18.9 Å². The van der Waals surface area contributed by atoms with E-state index in [1.54, 1.807) is 0 Å². The van der Waals surface area contributed by atoms with Crippen LogP contribution in [0.25, 0.3) is 0 Å². The number of piperidine rings is 1. The van der Waals surface area contributed by atoms with E-state index in [1.165, 1.54) is 0 Å². The van der Waals surface area contributed by atoms with Gasteiger partial charge in [0.1, 0.15) is 6.61 Å². The van der Waals surface area contributed by atoms with Gasteiger partial charge in [-0.3, -0.25) is 0 Å². The second-order valence-corrected chi connectivity index (χ2v) is 3.08. The van der Waals surface area contributed by atoms with E-state index in [2.05, 4.69) is 11.2 Å². The predicted octanol–water partition coefficient (Wildman–Crippen LogP) is 0.405. The molecule has 0 unspecified atom stereocenters. The molecule has 1 rings (SSSR count). The minimum absolute atomic E-state index is 0.385. The summed E-state index contributed by atoms with van der Waals surface area (Å²) >= 11 is 0. The van der Waals surface area contributed by atoms with Gasteiger partial charge in [-0.05, 0) is 25.9 Å². The Balaban J connectivity index is 1.90. The van der Waals surface area contributed by atoms with Crippen molar-refractivity contribution in [2.24, 2.45) is 0 Å². The van der Waals surface area contributed by atoms with E-state index in [9.17, 15) is 0 Å². The van der Waals surface area contributed by atoms with E-state index >= 15 is 0 Å². The van der Waals surface area contributed by atoms with Gasteiger partial charge in [-0.1, -0.05) is 5.92 Å². The van der Waals surface area contributed by atoms with Gasteiger partial charge in [0.25, 0.3) is 0 Å². The van der Waals surface area contributed by atoms with Crippen LogP contribution in [0.15, 0.2) is 0 Å². The summed E-state index contributed by atoms with van der Waals surface area (Å²) < 4.78 is 10.7. The Labute approximate surface area is 79.8 Å². The Morgan fingerprint density at radius 3 is 2.77 bits per heavy atom. The van der Waals surface area contributed by atoms with Crippen LogP contribution in [0.4, 0.5) is 0 Å². The Bertz CT molecular complexity index is 159. The molecule has 13 heavy (non-hydrogen) atoms. The first-order valence-corrected chi connectivity index (χ1v) is 4.77. The Kier molecular flexibility index (Phi) is 5.59. The Morgan fingerprint density at radius 2 is 2.08 bits per heavy atom. The van der Waals surface area contributed by atoms with Gasteiger partial charge in [0.2, 0.25) is 0 Å². The molecule has 0 bridgehead atoms. The van der Waals surface area contributed by atoms with Gasteiger partial charge in [-0.15, -0.1) is 6.42 Å². The molecule has 1 saturated heterocycles. The maximum Gasteiger partial charge on any atom is 0.107 e. The van der Waals surface area contributed by atoms with Gasteiger partial charge in [0.15, 0.2) is 0 Å². The molecule has 0 aromatic rings. The molecule has 0 spiro atoms. The third-order valence-corrected chi connectivity index (χ3v) is 2.05. The van der Waals surface area contributed by atoms with Crippen molar-refractivity contribution in [3.63, 3.8) is 0 Å². The van der Waals surface area contributed by atoms with Crippen LogP contribution in [-0.4, -0.2) is 39.0 Å². The third kappa shape index (κ3) is 4.89. The molecular formula is C10H17NO2. The Morgan fingerprint density at radius 1 is 1.31 bits per heavy atom. The number of rotatable bonds is 5. The summed E-state index contributed by atoms with van der Waals surface area (Å²) in [4.78, 5) is 0. The lowest BCUT2D eigenvalue weighted by Gasteiger charge is -2.22. The minimum Gasteiger partial charge on any atom is -0.376 e. The fourth-order valence-corrected chi connectivity index (χ4v) is 1.37. The summed E-state index contributed by atoms with van der Waals surface area (Å²) in [5.41, 5.74) is 0. The molecule has 0 atom stereocenters. The molecule has 0 aromatic heterocycles. The molecule has 3 heteroatoms.